The van der Waals surface area contributed by atoms with Gasteiger partial charge in [0.25, 0.3) is 11.8 Å². The lowest BCUT2D eigenvalue weighted by molar-refractivity contribution is -0.838. The fraction of sp³-hybridized carbons (Fsp3) is 0.238. The second kappa shape index (κ2) is 18.1. The predicted octanol–water partition coefficient (Wildman–Crippen LogP) is 0.692. The third kappa shape index (κ3) is 9.71. The molecule has 4 heterocycles. The molecule has 4 aromatic carbocycles. The van der Waals surface area contributed by atoms with Crippen LogP contribution in [0.2, 0.25) is 0 Å². The molecule has 2 saturated heterocycles. The summed E-state index contributed by atoms with van der Waals surface area (Å²) in [5, 5.41) is 29.8. The lowest BCUT2D eigenvalue weighted by Gasteiger charge is -2.23. The number of quaternary nitrogens is 2. The summed E-state index contributed by atoms with van der Waals surface area (Å²) >= 11 is 0. The number of primary amides is 2. The molecular formula is C42H44N8O6. The van der Waals surface area contributed by atoms with E-state index in [4.69, 9.17) is 11.5 Å². The van der Waals surface area contributed by atoms with Gasteiger partial charge in [0.1, 0.15) is 22.4 Å². The first-order valence-corrected chi connectivity index (χ1v) is 18.6. The summed E-state index contributed by atoms with van der Waals surface area (Å²) < 4.78 is 3.62. The molecular weight excluding hydrogens is 713 g/mol. The molecule has 56 heavy (non-hydrogen) atoms. The molecule has 0 saturated carbocycles. The van der Waals surface area contributed by atoms with Gasteiger partial charge in [0.2, 0.25) is 0 Å². The molecule has 0 atom stereocenters. The standard InChI is InChI=1S/2C19H20N4O.C4H4O4/c2*20-19(24)17-6-4-5-14-13-23(21-18(14)17)16-9-7-15(8-10-16)22-11-2-1-3-12-22;5-3(6)1-2-4(7)8/h2*4-10,13H,1-3,11-12H2,(H2,20,24);1-2H,(H,5,6)(H,7,8)/b;;2-1+. The maximum Gasteiger partial charge on any atom is 0.250 e. The third-order valence-electron chi connectivity index (χ3n) is 9.95. The Morgan fingerprint density at radius 3 is 1.21 bits per heavy atom. The van der Waals surface area contributed by atoms with Crippen LogP contribution >= 0.6 is 0 Å². The van der Waals surface area contributed by atoms with Gasteiger partial charge >= 0.3 is 0 Å². The normalized spacial score (nSPS) is 14.8. The molecule has 2 amide bonds. The fourth-order valence-corrected chi connectivity index (χ4v) is 7.12. The van der Waals surface area contributed by atoms with Gasteiger partial charge in [-0.15, -0.1) is 0 Å². The molecule has 2 fully saturated rings. The molecule has 8 rings (SSSR count). The number of carbonyl (C=O) groups is 4. The largest absolute Gasteiger partial charge is 0.545 e. The van der Waals surface area contributed by atoms with Crippen molar-refractivity contribution >= 4 is 56.9 Å². The molecule has 0 radical (unpaired) electrons. The number of nitrogens with one attached hydrogen (secondary N) is 2. The van der Waals surface area contributed by atoms with Gasteiger partial charge in [0.05, 0.1) is 60.6 Å². The van der Waals surface area contributed by atoms with Crippen LogP contribution in [0.15, 0.2) is 109 Å². The van der Waals surface area contributed by atoms with Gasteiger partial charge in [-0.1, -0.05) is 24.3 Å². The van der Waals surface area contributed by atoms with Crippen LogP contribution in [-0.2, 0) is 9.59 Å². The molecule has 0 spiro atoms. The second-order valence-corrected chi connectivity index (χ2v) is 13.8. The van der Waals surface area contributed by atoms with E-state index in [2.05, 4.69) is 58.7 Å². The lowest BCUT2D eigenvalue weighted by Crippen LogP contribution is -3.08. The van der Waals surface area contributed by atoms with Crippen molar-refractivity contribution in [2.24, 2.45) is 11.5 Å². The minimum Gasteiger partial charge on any atom is -0.545 e. The van der Waals surface area contributed by atoms with E-state index >= 15 is 0 Å². The Hall–Kier alpha value is -6.64. The van der Waals surface area contributed by atoms with Gasteiger partial charge in [-0.25, -0.2) is 9.36 Å². The highest BCUT2D eigenvalue weighted by Gasteiger charge is 2.18. The van der Waals surface area contributed by atoms with Crippen LogP contribution in [0.3, 0.4) is 0 Å². The van der Waals surface area contributed by atoms with Crippen LogP contribution in [0.4, 0.5) is 11.4 Å². The van der Waals surface area contributed by atoms with Crippen LogP contribution in [0, 0.1) is 0 Å². The number of carbonyl (C=O) groups excluding carboxylic acids is 4. The number of amides is 2. The Kier molecular flexibility index (Phi) is 12.6. The predicted molar refractivity (Wildman–Crippen MR) is 207 cm³/mol. The Bertz CT molecular complexity index is 2190. The number of nitrogens with two attached hydrogens (primary N) is 2. The highest BCUT2D eigenvalue weighted by Crippen LogP contribution is 2.21. The number of aliphatic carboxylic acids is 2. The van der Waals surface area contributed by atoms with E-state index < -0.39 is 23.8 Å². The molecule has 6 aromatic rings. The summed E-state index contributed by atoms with van der Waals surface area (Å²) in [6, 6.07) is 28.0. The molecule has 2 aliphatic rings. The summed E-state index contributed by atoms with van der Waals surface area (Å²) in [5.74, 6) is -3.99. The Morgan fingerprint density at radius 1 is 0.536 bits per heavy atom. The van der Waals surface area contributed by atoms with Crippen LogP contribution in [0.5, 0.6) is 0 Å². The van der Waals surface area contributed by atoms with E-state index in [1.165, 1.54) is 76.1 Å². The van der Waals surface area contributed by atoms with E-state index in [1.54, 1.807) is 21.9 Å². The SMILES string of the molecule is NC(=O)c1cccc2cn(-c3ccc([NH+]4CCCCC4)cc3)nc12.NC(=O)c1cccc2cn(-c3ccc([NH+]4CCCCC4)cc3)nc12.O=C([O-])/C=C/C(=O)[O-]. The van der Waals surface area contributed by atoms with Crippen molar-refractivity contribution in [3.05, 3.63) is 121 Å². The first-order chi connectivity index (χ1) is 27.1. The summed E-state index contributed by atoms with van der Waals surface area (Å²) in [7, 11) is 0. The summed E-state index contributed by atoms with van der Waals surface area (Å²) in [5.41, 5.74) is 17.8. The van der Waals surface area contributed by atoms with Gasteiger partial charge in [-0.3, -0.25) is 9.59 Å². The maximum atomic E-state index is 11.6. The number of rotatable bonds is 8. The topological polar surface area (TPSA) is 211 Å². The van der Waals surface area contributed by atoms with Crippen LogP contribution in [-0.4, -0.2) is 69.5 Å². The van der Waals surface area contributed by atoms with Crippen molar-refractivity contribution in [3.8, 4) is 11.4 Å². The molecule has 6 N–H and O–H groups in total. The number of fused-ring (bicyclic) bond motifs is 2. The highest BCUT2D eigenvalue weighted by molar-refractivity contribution is 6.05. The van der Waals surface area contributed by atoms with Gasteiger partial charge in [-0.2, -0.15) is 10.2 Å². The molecule has 0 bridgehead atoms. The van der Waals surface area contributed by atoms with Crippen LogP contribution < -0.4 is 31.5 Å². The third-order valence-corrected chi connectivity index (χ3v) is 9.95. The zero-order valence-corrected chi connectivity index (χ0v) is 30.9. The minimum atomic E-state index is -1.55. The van der Waals surface area contributed by atoms with Crippen molar-refractivity contribution in [3.63, 3.8) is 0 Å². The highest BCUT2D eigenvalue weighted by atomic mass is 16.4. The number of aromatic nitrogens is 4. The molecule has 14 nitrogen and oxygen atoms in total. The van der Waals surface area contributed by atoms with Gasteiger partial charge in [0, 0.05) is 47.4 Å². The number of nitrogens with zero attached hydrogens (tertiary/aromatic N) is 4. The average Bonchev–Trinajstić information content (AvgIpc) is 3.87. The van der Waals surface area contributed by atoms with Gasteiger partial charge < -0.3 is 41.1 Å². The lowest BCUT2D eigenvalue weighted by atomic mass is 10.1. The zero-order valence-electron chi connectivity index (χ0n) is 30.9. The van der Waals surface area contributed by atoms with E-state index in [1.807, 2.05) is 46.0 Å². The first-order valence-electron chi connectivity index (χ1n) is 18.6. The Balaban J connectivity index is 0.000000160. The van der Waals surface area contributed by atoms with Gasteiger partial charge in [0.15, 0.2) is 0 Å². The second-order valence-electron chi connectivity index (χ2n) is 13.8. The molecule has 288 valence electrons. The van der Waals surface area contributed by atoms with Gasteiger partial charge in [-0.05, 0) is 87.1 Å². The van der Waals surface area contributed by atoms with Crippen molar-refractivity contribution in [1.29, 1.82) is 0 Å². The maximum absolute atomic E-state index is 11.6. The summed E-state index contributed by atoms with van der Waals surface area (Å²) in [6.07, 6.45) is 12.6. The zero-order chi connectivity index (χ0) is 39.6. The fourth-order valence-electron chi connectivity index (χ4n) is 7.12. The van der Waals surface area contributed by atoms with E-state index in [9.17, 15) is 29.4 Å². The number of benzene rings is 4. The first kappa shape index (κ1) is 39.1. The molecule has 2 aromatic heterocycles. The van der Waals surface area contributed by atoms with E-state index in [-0.39, 0.29) is 0 Å². The van der Waals surface area contributed by atoms with E-state index in [0.717, 1.165) is 22.1 Å². The number of piperidine rings is 2. The number of hydrogen-bond acceptors (Lipinski definition) is 8. The van der Waals surface area contributed by atoms with Crippen LogP contribution in [0.25, 0.3) is 33.2 Å². The molecule has 14 heteroatoms. The monoisotopic (exact) mass is 756 g/mol. The smallest absolute Gasteiger partial charge is 0.250 e. The van der Waals surface area contributed by atoms with Crippen molar-refractivity contribution < 1.29 is 39.2 Å². The molecule has 0 unspecified atom stereocenters. The number of hydrogen-bond donors (Lipinski definition) is 4. The Morgan fingerprint density at radius 2 is 0.893 bits per heavy atom. The van der Waals surface area contributed by atoms with Crippen molar-refractivity contribution in [2.75, 3.05) is 26.2 Å². The minimum absolute atomic E-state index is 0.384. The Labute approximate surface area is 323 Å². The molecule has 0 aliphatic carbocycles. The van der Waals surface area contributed by atoms with Crippen molar-refractivity contribution in [2.45, 2.75) is 38.5 Å². The number of carboxylic acid groups (broad SMARTS) is 2. The quantitative estimate of drug-likeness (QED) is 0.162. The number of carboxylic acids is 2. The average molecular weight is 757 g/mol. The summed E-state index contributed by atoms with van der Waals surface area (Å²) in [6.45, 7) is 4.86. The van der Waals surface area contributed by atoms with E-state index in [0.29, 0.717) is 34.3 Å². The van der Waals surface area contributed by atoms with Crippen LogP contribution in [0.1, 0.15) is 59.2 Å². The summed E-state index contributed by atoms with van der Waals surface area (Å²) in [4.78, 5) is 45.1. The molecule has 2 aliphatic heterocycles. The van der Waals surface area contributed by atoms with Crippen molar-refractivity contribution in [1.82, 2.24) is 19.6 Å².